The van der Waals surface area contributed by atoms with Crippen molar-refractivity contribution in [2.75, 3.05) is 20.8 Å². The molecule has 0 unspecified atom stereocenters. The van der Waals surface area contributed by atoms with Gasteiger partial charge in [-0.1, -0.05) is 6.07 Å². The summed E-state index contributed by atoms with van der Waals surface area (Å²) in [7, 11) is 3.03. The van der Waals surface area contributed by atoms with Crippen LogP contribution in [0, 0.1) is 6.92 Å². The number of hydrogen-bond acceptors (Lipinski definition) is 8. The van der Waals surface area contributed by atoms with Crippen LogP contribution in [-0.4, -0.2) is 48.9 Å². The maximum atomic E-state index is 12.6. The molecule has 1 saturated heterocycles. The number of ether oxygens (including phenoxy) is 3. The van der Waals surface area contributed by atoms with Gasteiger partial charge in [-0.2, -0.15) is 0 Å². The Kier molecular flexibility index (Phi) is 5.55. The van der Waals surface area contributed by atoms with E-state index in [1.165, 1.54) is 14.2 Å². The van der Waals surface area contributed by atoms with Crippen LogP contribution in [-0.2, 0) is 20.9 Å². The average molecular weight is 376 g/mol. The van der Waals surface area contributed by atoms with Gasteiger partial charge in [0.25, 0.3) is 5.91 Å². The summed E-state index contributed by atoms with van der Waals surface area (Å²) in [6.07, 6.45) is -0.926. The van der Waals surface area contributed by atoms with Crippen molar-refractivity contribution in [1.82, 2.24) is 20.8 Å². The van der Waals surface area contributed by atoms with Crippen LogP contribution in [0.5, 0.6) is 11.5 Å². The van der Waals surface area contributed by atoms with E-state index >= 15 is 0 Å². The molecule has 0 radical (unpaired) electrons. The third kappa shape index (κ3) is 4.17. The van der Waals surface area contributed by atoms with Crippen LogP contribution in [0.2, 0.25) is 0 Å². The molecule has 0 spiro atoms. The van der Waals surface area contributed by atoms with Gasteiger partial charge in [-0.15, -0.1) is 10.2 Å². The summed E-state index contributed by atoms with van der Waals surface area (Å²) in [5.74, 6) is 0.983. The minimum absolute atomic E-state index is 0.0616. The highest BCUT2D eigenvalue weighted by Gasteiger charge is 2.36. The van der Waals surface area contributed by atoms with Gasteiger partial charge in [-0.05, 0) is 17.7 Å². The first-order valence-corrected chi connectivity index (χ1v) is 8.21. The van der Waals surface area contributed by atoms with Crippen LogP contribution in [0.15, 0.2) is 22.6 Å². The smallest absolute Gasteiger partial charge is 0.252 e. The Morgan fingerprint density at radius 1 is 1.30 bits per heavy atom. The number of methoxy groups -OCH3 is 2. The first-order chi connectivity index (χ1) is 13.0. The highest BCUT2D eigenvalue weighted by atomic mass is 16.5. The van der Waals surface area contributed by atoms with Gasteiger partial charge in [0.2, 0.25) is 17.7 Å². The number of nitrogens with one attached hydrogen (secondary N) is 2. The van der Waals surface area contributed by atoms with Gasteiger partial charge < -0.3 is 29.3 Å². The number of carbonyl (C=O) groups excluding carboxylic acids is 2. The molecule has 27 heavy (non-hydrogen) atoms. The number of amides is 2. The molecule has 2 atom stereocenters. The number of nitrogens with zero attached hydrogens (tertiary/aromatic N) is 2. The van der Waals surface area contributed by atoms with Gasteiger partial charge in [0.15, 0.2) is 17.6 Å². The quantitative estimate of drug-likeness (QED) is 0.736. The third-order valence-electron chi connectivity index (χ3n) is 4.02. The van der Waals surface area contributed by atoms with E-state index in [0.29, 0.717) is 23.0 Å². The van der Waals surface area contributed by atoms with Crippen molar-refractivity contribution in [3.8, 4) is 11.5 Å². The molecule has 2 amide bonds. The lowest BCUT2D eigenvalue weighted by atomic mass is 9.98. The molecular weight excluding hydrogens is 356 g/mol. The molecular formula is C17H20N4O6. The van der Waals surface area contributed by atoms with Gasteiger partial charge in [-0.25, -0.2) is 0 Å². The summed E-state index contributed by atoms with van der Waals surface area (Å²) >= 11 is 0. The molecule has 10 nitrogen and oxygen atoms in total. The zero-order valence-electron chi connectivity index (χ0n) is 15.1. The van der Waals surface area contributed by atoms with Crippen molar-refractivity contribution >= 4 is 11.8 Å². The Morgan fingerprint density at radius 2 is 2.07 bits per heavy atom. The van der Waals surface area contributed by atoms with E-state index in [0.717, 1.165) is 0 Å². The Labute approximate surface area is 155 Å². The van der Waals surface area contributed by atoms with Crippen LogP contribution in [0.25, 0.3) is 0 Å². The molecule has 1 aliphatic rings. The zero-order valence-corrected chi connectivity index (χ0v) is 15.1. The van der Waals surface area contributed by atoms with Gasteiger partial charge in [-0.3, -0.25) is 9.59 Å². The van der Waals surface area contributed by atoms with Crippen LogP contribution in [0.4, 0.5) is 0 Å². The summed E-state index contributed by atoms with van der Waals surface area (Å²) in [5.41, 5.74) is 0.648. The van der Waals surface area contributed by atoms with Crippen molar-refractivity contribution in [2.45, 2.75) is 25.6 Å². The molecule has 1 aromatic carbocycles. The number of rotatable bonds is 6. The summed E-state index contributed by atoms with van der Waals surface area (Å²) in [4.78, 5) is 24.4. The first-order valence-electron chi connectivity index (χ1n) is 8.21. The molecule has 144 valence electrons. The second kappa shape index (κ2) is 8.04. The van der Waals surface area contributed by atoms with Crippen molar-refractivity contribution < 1.29 is 28.2 Å². The van der Waals surface area contributed by atoms with E-state index in [-0.39, 0.29) is 24.9 Å². The molecule has 1 fully saturated rings. The number of aromatic nitrogens is 2. The Balaban J connectivity index is 1.78. The Morgan fingerprint density at radius 3 is 2.74 bits per heavy atom. The monoisotopic (exact) mass is 376 g/mol. The molecule has 2 N–H and O–H groups in total. The number of benzene rings is 1. The maximum absolute atomic E-state index is 12.6. The van der Waals surface area contributed by atoms with Crippen molar-refractivity contribution in [1.29, 1.82) is 0 Å². The van der Waals surface area contributed by atoms with E-state index in [1.54, 1.807) is 25.1 Å². The van der Waals surface area contributed by atoms with E-state index < -0.39 is 18.1 Å². The summed E-state index contributed by atoms with van der Waals surface area (Å²) in [5, 5.41) is 13.0. The van der Waals surface area contributed by atoms with Crippen molar-refractivity contribution in [3.63, 3.8) is 0 Å². The predicted molar refractivity (Wildman–Crippen MR) is 91.1 cm³/mol. The summed E-state index contributed by atoms with van der Waals surface area (Å²) < 4.78 is 21.2. The molecule has 2 aromatic rings. The molecule has 0 aliphatic carbocycles. The van der Waals surface area contributed by atoms with Crippen molar-refractivity contribution in [2.24, 2.45) is 0 Å². The number of morpholine rings is 1. The third-order valence-corrected chi connectivity index (χ3v) is 4.02. The van der Waals surface area contributed by atoms with Crippen LogP contribution >= 0.6 is 0 Å². The van der Waals surface area contributed by atoms with Crippen LogP contribution in [0.1, 0.15) is 23.4 Å². The molecule has 10 heteroatoms. The Bertz CT molecular complexity index is 837. The minimum atomic E-state index is -0.926. The lowest BCUT2D eigenvalue weighted by molar-refractivity contribution is -0.148. The fourth-order valence-corrected chi connectivity index (χ4v) is 2.76. The van der Waals surface area contributed by atoms with Gasteiger partial charge >= 0.3 is 0 Å². The molecule has 2 heterocycles. The highest BCUT2D eigenvalue weighted by molar-refractivity contribution is 5.86. The van der Waals surface area contributed by atoms with Gasteiger partial charge in [0, 0.05) is 6.92 Å². The first kappa shape index (κ1) is 18.6. The van der Waals surface area contributed by atoms with Gasteiger partial charge in [0.1, 0.15) is 6.61 Å². The molecule has 1 aliphatic heterocycles. The van der Waals surface area contributed by atoms with Gasteiger partial charge in [0.05, 0.1) is 26.8 Å². The predicted octanol–water partition coefficient (Wildman–Crippen LogP) is 0.268. The SMILES string of the molecule is COc1ccc([C@H]2NC(=O)CO[C@@H]2C(=O)NCc2nnc(C)o2)cc1OC. The summed E-state index contributed by atoms with van der Waals surface area (Å²) in [6.45, 7) is 1.51. The second-order valence-electron chi connectivity index (χ2n) is 5.82. The second-order valence-corrected chi connectivity index (χ2v) is 5.82. The van der Waals surface area contributed by atoms with Crippen LogP contribution < -0.4 is 20.1 Å². The number of hydrogen-bond donors (Lipinski definition) is 2. The molecule has 0 saturated carbocycles. The fraction of sp³-hybridized carbons (Fsp3) is 0.412. The minimum Gasteiger partial charge on any atom is -0.493 e. The standard InChI is InChI=1S/C17H20N4O6/c1-9-20-21-14(27-9)7-18-17(23)16-15(19-13(22)8-26-16)10-4-5-11(24-2)12(6-10)25-3/h4-6,15-16H,7-8H2,1-3H3,(H,18,23)(H,19,22)/t15-,16+/m1/s1. The normalized spacial score (nSPS) is 19.3. The van der Waals surface area contributed by atoms with Crippen LogP contribution in [0.3, 0.4) is 0 Å². The van der Waals surface area contributed by atoms with E-state index in [9.17, 15) is 9.59 Å². The topological polar surface area (TPSA) is 125 Å². The number of carbonyl (C=O) groups is 2. The molecule has 0 bridgehead atoms. The summed E-state index contributed by atoms with van der Waals surface area (Å²) in [6, 6.07) is 4.45. The average Bonchev–Trinajstić information content (AvgIpc) is 3.10. The fourth-order valence-electron chi connectivity index (χ4n) is 2.76. The lowest BCUT2D eigenvalue weighted by Gasteiger charge is -2.31. The van der Waals surface area contributed by atoms with E-state index in [4.69, 9.17) is 18.6 Å². The highest BCUT2D eigenvalue weighted by Crippen LogP contribution is 2.32. The van der Waals surface area contributed by atoms with E-state index in [1.807, 2.05) is 0 Å². The number of aryl methyl sites for hydroxylation is 1. The largest absolute Gasteiger partial charge is 0.493 e. The van der Waals surface area contributed by atoms with E-state index in [2.05, 4.69) is 20.8 Å². The zero-order chi connectivity index (χ0) is 19.4. The molecule has 1 aromatic heterocycles. The lowest BCUT2D eigenvalue weighted by Crippen LogP contribution is -2.52. The maximum Gasteiger partial charge on any atom is 0.252 e. The molecule has 3 rings (SSSR count). The van der Waals surface area contributed by atoms with Crippen molar-refractivity contribution in [3.05, 3.63) is 35.5 Å². The Hall–Kier alpha value is -3.14.